The van der Waals surface area contributed by atoms with Crippen molar-refractivity contribution in [3.05, 3.63) is 0 Å². The Labute approximate surface area is 126 Å². The summed E-state index contributed by atoms with van der Waals surface area (Å²) in [6, 6.07) is 0.209. The van der Waals surface area contributed by atoms with Gasteiger partial charge in [-0.1, -0.05) is 0 Å². The molecule has 2 unspecified atom stereocenters. The van der Waals surface area contributed by atoms with Crippen molar-refractivity contribution >= 4 is 12.0 Å². The summed E-state index contributed by atoms with van der Waals surface area (Å²) in [6.07, 6.45) is 3.86. The molecule has 0 bridgehead atoms. The Morgan fingerprint density at radius 3 is 2.52 bits per heavy atom. The van der Waals surface area contributed by atoms with Crippen LogP contribution in [0.3, 0.4) is 0 Å². The van der Waals surface area contributed by atoms with Crippen LogP contribution in [0, 0.1) is 5.41 Å². The number of likely N-dealkylation sites (tertiary alicyclic amines) is 2. The molecule has 6 nitrogen and oxygen atoms in total. The number of nitrogens with one attached hydrogen (secondary N) is 1. The standard InChI is InChI=1S/C15H27N3O3/c1-12(17-7-3-4-8-17)10-16-14(21)18-9-5-6-15(2,11-18)13(19)20/h12H,3-11H2,1-2H3,(H,16,21)(H,19,20). The zero-order valence-electron chi connectivity index (χ0n) is 13.1. The monoisotopic (exact) mass is 297 g/mol. The van der Waals surface area contributed by atoms with Gasteiger partial charge in [0.05, 0.1) is 5.41 Å². The van der Waals surface area contributed by atoms with Crippen LogP contribution in [-0.2, 0) is 4.79 Å². The second kappa shape index (κ2) is 6.64. The fourth-order valence-corrected chi connectivity index (χ4v) is 3.25. The molecule has 0 aliphatic carbocycles. The molecule has 0 radical (unpaired) electrons. The number of carbonyl (C=O) groups is 2. The molecule has 2 amide bonds. The largest absolute Gasteiger partial charge is 0.481 e. The fourth-order valence-electron chi connectivity index (χ4n) is 3.25. The highest BCUT2D eigenvalue weighted by Crippen LogP contribution is 2.29. The summed E-state index contributed by atoms with van der Waals surface area (Å²) >= 11 is 0. The SMILES string of the molecule is CC(CNC(=O)N1CCCC(C)(C(=O)O)C1)N1CCCC1. The van der Waals surface area contributed by atoms with Crippen LogP contribution in [-0.4, -0.2) is 65.7 Å². The van der Waals surface area contributed by atoms with Crippen molar-refractivity contribution in [2.75, 3.05) is 32.7 Å². The Morgan fingerprint density at radius 2 is 1.90 bits per heavy atom. The summed E-state index contributed by atoms with van der Waals surface area (Å²) in [7, 11) is 0. The van der Waals surface area contributed by atoms with E-state index < -0.39 is 11.4 Å². The van der Waals surface area contributed by atoms with E-state index in [1.807, 2.05) is 0 Å². The maximum absolute atomic E-state index is 12.2. The fraction of sp³-hybridized carbons (Fsp3) is 0.867. The van der Waals surface area contributed by atoms with Crippen LogP contribution in [0.15, 0.2) is 0 Å². The van der Waals surface area contributed by atoms with Crippen LogP contribution in [0.25, 0.3) is 0 Å². The number of rotatable bonds is 4. The second-order valence-electron chi connectivity index (χ2n) is 6.67. The van der Waals surface area contributed by atoms with Crippen molar-refractivity contribution in [1.29, 1.82) is 0 Å². The number of carboxylic acid groups (broad SMARTS) is 1. The van der Waals surface area contributed by atoms with Gasteiger partial charge >= 0.3 is 12.0 Å². The molecule has 0 saturated carbocycles. The Balaban J connectivity index is 1.81. The van der Waals surface area contributed by atoms with E-state index >= 15 is 0 Å². The minimum atomic E-state index is -0.814. The minimum Gasteiger partial charge on any atom is -0.481 e. The van der Waals surface area contributed by atoms with Crippen LogP contribution in [0.1, 0.15) is 39.5 Å². The summed E-state index contributed by atoms with van der Waals surface area (Å²) in [6.45, 7) is 7.64. The van der Waals surface area contributed by atoms with Crippen LogP contribution >= 0.6 is 0 Å². The van der Waals surface area contributed by atoms with Gasteiger partial charge in [0.1, 0.15) is 0 Å². The average molecular weight is 297 g/mol. The molecule has 0 spiro atoms. The number of piperidine rings is 1. The van der Waals surface area contributed by atoms with Crippen LogP contribution in [0.5, 0.6) is 0 Å². The normalized spacial score (nSPS) is 28.4. The second-order valence-corrected chi connectivity index (χ2v) is 6.67. The Bertz CT molecular complexity index is 396. The van der Waals surface area contributed by atoms with Crippen molar-refractivity contribution < 1.29 is 14.7 Å². The van der Waals surface area contributed by atoms with Gasteiger partial charge in [-0.2, -0.15) is 0 Å². The van der Waals surface area contributed by atoms with Gasteiger partial charge in [0.25, 0.3) is 0 Å². The smallest absolute Gasteiger partial charge is 0.317 e. The summed E-state index contributed by atoms with van der Waals surface area (Å²) in [5.74, 6) is -0.814. The number of nitrogens with zero attached hydrogens (tertiary/aromatic N) is 2. The van der Waals surface area contributed by atoms with Gasteiger partial charge in [-0.05, 0) is 52.6 Å². The van der Waals surface area contributed by atoms with Crippen LogP contribution < -0.4 is 5.32 Å². The zero-order valence-corrected chi connectivity index (χ0v) is 13.1. The molecule has 6 heteroatoms. The molecule has 2 N–H and O–H groups in total. The van der Waals surface area contributed by atoms with Gasteiger partial charge in [0.2, 0.25) is 0 Å². The molecule has 2 aliphatic heterocycles. The average Bonchev–Trinajstić information content (AvgIpc) is 2.98. The van der Waals surface area contributed by atoms with E-state index in [2.05, 4.69) is 17.1 Å². The van der Waals surface area contributed by atoms with Gasteiger partial charge in [0, 0.05) is 25.7 Å². The van der Waals surface area contributed by atoms with Crippen LogP contribution in [0.2, 0.25) is 0 Å². The Kier molecular flexibility index (Phi) is 5.08. The van der Waals surface area contributed by atoms with Gasteiger partial charge in [0.15, 0.2) is 0 Å². The number of urea groups is 1. The van der Waals surface area contributed by atoms with E-state index in [4.69, 9.17) is 0 Å². The molecule has 2 atom stereocenters. The lowest BCUT2D eigenvalue weighted by molar-refractivity contribution is -0.150. The Morgan fingerprint density at radius 1 is 1.24 bits per heavy atom. The molecule has 0 aromatic carbocycles. The summed E-state index contributed by atoms with van der Waals surface area (Å²) < 4.78 is 0. The van der Waals surface area contributed by atoms with E-state index in [0.717, 1.165) is 19.5 Å². The number of carboxylic acids is 1. The highest BCUT2D eigenvalue weighted by molar-refractivity contribution is 5.78. The van der Waals surface area contributed by atoms with Crippen LogP contribution in [0.4, 0.5) is 4.79 Å². The van der Waals surface area contributed by atoms with E-state index in [9.17, 15) is 14.7 Å². The van der Waals surface area contributed by atoms with Gasteiger partial charge in [-0.15, -0.1) is 0 Å². The molecule has 0 aromatic heterocycles. The molecule has 21 heavy (non-hydrogen) atoms. The zero-order chi connectivity index (χ0) is 15.5. The maximum Gasteiger partial charge on any atom is 0.317 e. The molecule has 2 heterocycles. The first-order chi connectivity index (χ1) is 9.92. The number of carbonyl (C=O) groups excluding carboxylic acids is 1. The molecule has 2 aliphatic rings. The van der Waals surface area contributed by atoms with E-state index in [1.54, 1.807) is 11.8 Å². The summed E-state index contributed by atoms with van der Waals surface area (Å²) in [5.41, 5.74) is -0.809. The predicted octanol–water partition coefficient (Wildman–Crippen LogP) is 1.37. The highest BCUT2D eigenvalue weighted by atomic mass is 16.4. The van der Waals surface area contributed by atoms with Gasteiger partial charge < -0.3 is 15.3 Å². The molecule has 2 fully saturated rings. The number of aliphatic carboxylic acids is 1. The maximum atomic E-state index is 12.2. The molecule has 120 valence electrons. The number of hydrogen-bond acceptors (Lipinski definition) is 3. The first-order valence-electron chi connectivity index (χ1n) is 7.92. The van der Waals surface area contributed by atoms with Gasteiger partial charge in [-0.3, -0.25) is 9.69 Å². The van der Waals surface area contributed by atoms with E-state index in [0.29, 0.717) is 32.1 Å². The van der Waals surface area contributed by atoms with Crippen molar-refractivity contribution in [3.63, 3.8) is 0 Å². The summed E-state index contributed by atoms with van der Waals surface area (Å²) in [5, 5.41) is 12.3. The third kappa shape index (κ3) is 3.87. The quantitative estimate of drug-likeness (QED) is 0.822. The lowest BCUT2D eigenvalue weighted by Crippen LogP contribution is -2.53. The summed E-state index contributed by atoms with van der Waals surface area (Å²) in [4.78, 5) is 27.6. The van der Waals surface area contributed by atoms with E-state index in [-0.39, 0.29) is 6.03 Å². The topological polar surface area (TPSA) is 72.9 Å². The third-order valence-corrected chi connectivity index (χ3v) is 4.81. The molecular weight excluding hydrogens is 270 g/mol. The first-order valence-corrected chi connectivity index (χ1v) is 7.92. The lowest BCUT2D eigenvalue weighted by atomic mass is 9.82. The van der Waals surface area contributed by atoms with E-state index in [1.165, 1.54) is 12.8 Å². The Hall–Kier alpha value is -1.30. The predicted molar refractivity (Wildman–Crippen MR) is 80.2 cm³/mol. The molecule has 0 aromatic rings. The lowest BCUT2D eigenvalue weighted by Gasteiger charge is -2.37. The first kappa shape index (κ1) is 16.1. The van der Waals surface area contributed by atoms with Gasteiger partial charge in [-0.25, -0.2) is 4.79 Å². The van der Waals surface area contributed by atoms with Crippen molar-refractivity contribution in [1.82, 2.24) is 15.1 Å². The number of hydrogen-bond donors (Lipinski definition) is 2. The third-order valence-electron chi connectivity index (χ3n) is 4.81. The molecular formula is C15H27N3O3. The number of amides is 2. The highest BCUT2D eigenvalue weighted by Gasteiger charge is 2.39. The molecule has 2 saturated heterocycles. The minimum absolute atomic E-state index is 0.131. The van der Waals surface area contributed by atoms with Crippen molar-refractivity contribution in [3.8, 4) is 0 Å². The van der Waals surface area contributed by atoms with Crippen molar-refractivity contribution in [2.45, 2.75) is 45.6 Å². The molecule has 2 rings (SSSR count). The van der Waals surface area contributed by atoms with Crippen molar-refractivity contribution in [2.24, 2.45) is 5.41 Å².